The molecule has 1 rings (SSSR count). The molecule has 0 amide bonds. The van der Waals surface area contributed by atoms with Crippen LogP contribution in [0.3, 0.4) is 0 Å². The van der Waals surface area contributed by atoms with Crippen molar-refractivity contribution in [2.75, 3.05) is 18.1 Å². The molecule has 5 heteroatoms. The topological polar surface area (TPSA) is 63.6 Å². The van der Waals surface area contributed by atoms with E-state index in [1.54, 1.807) is 0 Å². The minimum absolute atomic E-state index is 0.151. The van der Waals surface area contributed by atoms with E-state index in [0.717, 1.165) is 12.8 Å². The van der Waals surface area contributed by atoms with Crippen molar-refractivity contribution in [3.8, 4) is 0 Å². The first-order valence-electron chi connectivity index (χ1n) is 12.9. The number of ether oxygens (including phenoxy) is 1. The molecule has 0 radical (unpaired) electrons. The first-order chi connectivity index (χ1) is 16.0. The van der Waals surface area contributed by atoms with Crippen molar-refractivity contribution in [2.24, 2.45) is 0 Å². The first-order valence-corrected chi connectivity index (χ1v) is 14.1. The van der Waals surface area contributed by atoms with E-state index in [2.05, 4.69) is 45.0 Å². The van der Waals surface area contributed by atoms with Crippen molar-refractivity contribution in [3.63, 3.8) is 0 Å². The molecule has 0 aliphatic carbocycles. The van der Waals surface area contributed by atoms with E-state index >= 15 is 0 Å². The zero-order valence-corrected chi connectivity index (χ0v) is 22.2. The standard InChI is InChI=1S/C20H38O4S.C8H10/c1-2-3-4-5-6-7-8-9-10-11-12-13-16-24-20(23)15-18-25-17-14-19(21)22;1-7-5-3-4-6-8(7)2/h2-18H2,1H3,(H,21,22);3-6H,1-2H3. The van der Waals surface area contributed by atoms with Gasteiger partial charge < -0.3 is 9.84 Å². The Balaban J connectivity index is 0.00000106. The number of esters is 1. The molecule has 0 aromatic heterocycles. The van der Waals surface area contributed by atoms with Crippen LogP contribution in [0.5, 0.6) is 0 Å². The second-order valence-corrected chi connectivity index (χ2v) is 9.92. The molecule has 0 fully saturated rings. The largest absolute Gasteiger partial charge is 0.481 e. The molecule has 0 saturated heterocycles. The fraction of sp³-hybridized carbons (Fsp3) is 0.714. The van der Waals surface area contributed by atoms with Gasteiger partial charge in [-0.25, -0.2) is 0 Å². The minimum atomic E-state index is -0.790. The van der Waals surface area contributed by atoms with E-state index in [1.165, 1.54) is 87.1 Å². The quantitative estimate of drug-likeness (QED) is 0.160. The second kappa shape index (κ2) is 23.7. The third kappa shape index (κ3) is 23.5. The van der Waals surface area contributed by atoms with Crippen LogP contribution in [0.25, 0.3) is 0 Å². The number of rotatable bonds is 19. The molecule has 0 unspecified atom stereocenters. The summed E-state index contributed by atoms with van der Waals surface area (Å²) in [4.78, 5) is 21.8. The fourth-order valence-electron chi connectivity index (χ4n) is 3.28. The summed E-state index contributed by atoms with van der Waals surface area (Å²) < 4.78 is 5.19. The average Bonchev–Trinajstić information content (AvgIpc) is 2.79. The SMILES string of the molecule is CCCCCCCCCCCCCCOC(=O)CCSCCC(=O)O.Cc1ccccc1C. The Morgan fingerprint density at radius 3 is 1.67 bits per heavy atom. The van der Waals surface area contributed by atoms with Crippen LogP contribution in [0.2, 0.25) is 0 Å². The zero-order chi connectivity index (χ0) is 24.6. The van der Waals surface area contributed by atoms with Crippen LogP contribution in [0.1, 0.15) is 108 Å². The fourth-order valence-corrected chi connectivity index (χ4v) is 4.12. The number of hydrogen-bond donors (Lipinski definition) is 1. The lowest BCUT2D eigenvalue weighted by atomic mass is 10.1. The Labute approximate surface area is 207 Å². The number of carbonyl (C=O) groups excluding carboxylic acids is 1. The van der Waals surface area contributed by atoms with Crippen molar-refractivity contribution in [2.45, 2.75) is 111 Å². The van der Waals surface area contributed by atoms with Crippen LogP contribution >= 0.6 is 11.8 Å². The Hall–Kier alpha value is -1.49. The number of hydrogen-bond acceptors (Lipinski definition) is 4. The lowest BCUT2D eigenvalue weighted by Gasteiger charge is -2.05. The van der Waals surface area contributed by atoms with E-state index in [0.29, 0.717) is 24.5 Å². The molecule has 1 aromatic carbocycles. The van der Waals surface area contributed by atoms with Gasteiger partial charge in [-0.2, -0.15) is 11.8 Å². The van der Waals surface area contributed by atoms with Crippen LogP contribution in [-0.4, -0.2) is 35.2 Å². The summed E-state index contributed by atoms with van der Waals surface area (Å²) in [5, 5.41) is 8.50. The third-order valence-corrected chi connectivity index (χ3v) is 6.58. The number of carboxylic acid groups (broad SMARTS) is 1. The number of thioether (sulfide) groups is 1. The summed E-state index contributed by atoms with van der Waals surface area (Å²) in [6, 6.07) is 8.36. The predicted octanol–water partition coefficient (Wildman–Crippen LogP) is 8.13. The molecule has 0 bridgehead atoms. The summed E-state index contributed by atoms with van der Waals surface area (Å²) in [5.41, 5.74) is 2.74. The maximum absolute atomic E-state index is 11.5. The predicted molar refractivity (Wildman–Crippen MR) is 142 cm³/mol. The van der Waals surface area contributed by atoms with Crippen LogP contribution in [0.4, 0.5) is 0 Å². The van der Waals surface area contributed by atoms with E-state index < -0.39 is 5.97 Å². The van der Waals surface area contributed by atoms with Gasteiger partial charge in [-0.15, -0.1) is 0 Å². The smallest absolute Gasteiger partial charge is 0.306 e. The van der Waals surface area contributed by atoms with E-state index in [9.17, 15) is 9.59 Å². The molecule has 190 valence electrons. The summed E-state index contributed by atoms with van der Waals surface area (Å²) in [7, 11) is 0. The molecule has 1 aromatic rings. The monoisotopic (exact) mass is 480 g/mol. The van der Waals surface area contributed by atoms with Gasteiger partial charge in [-0.1, -0.05) is 102 Å². The molecule has 4 nitrogen and oxygen atoms in total. The third-order valence-electron chi connectivity index (χ3n) is 5.60. The minimum Gasteiger partial charge on any atom is -0.481 e. The van der Waals surface area contributed by atoms with Gasteiger partial charge in [0, 0.05) is 11.5 Å². The summed E-state index contributed by atoms with van der Waals surface area (Å²) in [6.07, 6.45) is 16.1. The van der Waals surface area contributed by atoms with E-state index in [-0.39, 0.29) is 12.4 Å². The first kappa shape index (κ1) is 31.5. The van der Waals surface area contributed by atoms with Crippen molar-refractivity contribution in [3.05, 3.63) is 35.4 Å². The van der Waals surface area contributed by atoms with E-state index in [1.807, 2.05) is 0 Å². The van der Waals surface area contributed by atoms with Gasteiger partial charge in [0.1, 0.15) is 0 Å². The normalized spacial score (nSPS) is 10.4. The highest BCUT2D eigenvalue weighted by Crippen LogP contribution is 2.12. The molecular formula is C28H48O4S. The second-order valence-electron chi connectivity index (χ2n) is 8.70. The molecule has 0 atom stereocenters. The van der Waals surface area contributed by atoms with Crippen molar-refractivity contribution in [1.82, 2.24) is 0 Å². The van der Waals surface area contributed by atoms with Crippen molar-refractivity contribution < 1.29 is 19.4 Å². The highest BCUT2D eigenvalue weighted by molar-refractivity contribution is 7.99. The van der Waals surface area contributed by atoms with Gasteiger partial charge in [0.2, 0.25) is 0 Å². The van der Waals surface area contributed by atoms with Gasteiger partial charge >= 0.3 is 11.9 Å². The van der Waals surface area contributed by atoms with Gasteiger partial charge in [-0.3, -0.25) is 9.59 Å². The van der Waals surface area contributed by atoms with E-state index in [4.69, 9.17) is 9.84 Å². The Morgan fingerprint density at radius 2 is 1.21 bits per heavy atom. The van der Waals surface area contributed by atoms with Crippen LogP contribution in [-0.2, 0) is 14.3 Å². The molecule has 0 spiro atoms. The highest BCUT2D eigenvalue weighted by Gasteiger charge is 2.03. The molecule has 0 heterocycles. The number of unbranched alkanes of at least 4 members (excludes halogenated alkanes) is 11. The van der Waals surface area contributed by atoms with Crippen LogP contribution in [0, 0.1) is 13.8 Å². The molecule has 0 saturated carbocycles. The summed E-state index contributed by atoms with van der Waals surface area (Å²) >= 11 is 1.49. The van der Waals surface area contributed by atoms with Crippen molar-refractivity contribution in [1.29, 1.82) is 0 Å². The zero-order valence-electron chi connectivity index (χ0n) is 21.4. The van der Waals surface area contributed by atoms with Gasteiger partial charge in [0.05, 0.1) is 19.4 Å². The van der Waals surface area contributed by atoms with Crippen molar-refractivity contribution >= 4 is 23.7 Å². The van der Waals surface area contributed by atoms with Gasteiger partial charge in [0.15, 0.2) is 0 Å². The Morgan fingerprint density at radius 1 is 0.758 bits per heavy atom. The van der Waals surface area contributed by atoms with Crippen LogP contribution in [0.15, 0.2) is 24.3 Å². The summed E-state index contributed by atoms with van der Waals surface area (Å²) in [6.45, 7) is 7.02. The van der Waals surface area contributed by atoms with Gasteiger partial charge in [0.25, 0.3) is 0 Å². The molecule has 0 aliphatic rings. The molecule has 0 aliphatic heterocycles. The lowest BCUT2D eigenvalue weighted by Crippen LogP contribution is -2.07. The molecular weight excluding hydrogens is 432 g/mol. The summed E-state index contributed by atoms with van der Waals surface area (Å²) in [5.74, 6) is 0.249. The Bertz CT molecular complexity index is 582. The maximum Gasteiger partial charge on any atom is 0.306 e. The number of aliphatic carboxylic acids is 1. The number of aryl methyl sites for hydroxylation is 2. The lowest BCUT2D eigenvalue weighted by molar-refractivity contribution is -0.143. The number of carboxylic acids is 1. The number of benzene rings is 1. The van der Waals surface area contributed by atoms with Crippen LogP contribution < -0.4 is 0 Å². The molecule has 1 N–H and O–H groups in total. The molecule has 33 heavy (non-hydrogen) atoms. The Kier molecular flexibility index (Phi) is 22.6. The highest BCUT2D eigenvalue weighted by atomic mass is 32.2. The average molecular weight is 481 g/mol. The number of carbonyl (C=O) groups is 2. The maximum atomic E-state index is 11.5. The van der Waals surface area contributed by atoms with Gasteiger partial charge in [-0.05, 0) is 31.4 Å².